The van der Waals surface area contributed by atoms with Crippen LogP contribution in [0.5, 0.6) is 0 Å². The fourth-order valence-corrected chi connectivity index (χ4v) is 2.98. The van der Waals surface area contributed by atoms with E-state index < -0.39 is 0 Å². The van der Waals surface area contributed by atoms with Crippen LogP contribution >= 0.6 is 0 Å². The molecular formula is C14H20O2. The number of carbonyl (C=O) groups excluding carboxylic acids is 1. The number of rotatable bonds is 1. The summed E-state index contributed by atoms with van der Waals surface area (Å²) in [5.41, 5.74) is 3.21. The molecule has 0 aliphatic heterocycles. The molecule has 0 N–H and O–H groups in total. The Bertz CT molecular complexity index is 376. The standard InChI is InChI=1S/C14H20O2/c1-10-5-4-7-14(3)8-6-12(9-13(10)14)16-11(2)15/h9H,4-8H2,1-3H3. The predicted molar refractivity (Wildman–Crippen MR) is 63.7 cm³/mol. The molecule has 2 aliphatic rings. The lowest BCUT2D eigenvalue weighted by Crippen LogP contribution is -2.27. The van der Waals surface area contributed by atoms with Crippen LogP contribution in [-0.4, -0.2) is 5.97 Å². The molecule has 0 saturated carbocycles. The minimum absolute atomic E-state index is 0.205. The van der Waals surface area contributed by atoms with Crippen molar-refractivity contribution in [2.24, 2.45) is 5.41 Å². The van der Waals surface area contributed by atoms with E-state index in [1.54, 1.807) is 0 Å². The van der Waals surface area contributed by atoms with Crippen LogP contribution in [0.25, 0.3) is 0 Å². The van der Waals surface area contributed by atoms with E-state index in [0.29, 0.717) is 5.41 Å². The summed E-state index contributed by atoms with van der Waals surface area (Å²) in [6.07, 6.45) is 7.87. The van der Waals surface area contributed by atoms with Crippen molar-refractivity contribution in [1.82, 2.24) is 0 Å². The predicted octanol–water partition coefficient (Wildman–Crippen LogP) is 3.73. The molecule has 0 aromatic rings. The Hall–Kier alpha value is -1.05. The molecule has 2 nitrogen and oxygen atoms in total. The summed E-state index contributed by atoms with van der Waals surface area (Å²) < 4.78 is 5.22. The Morgan fingerprint density at radius 2 is 2.12 bits per heavy atom. The van der Waals surface area contributed by atoms with Gasteiger partial charge in [-0.15, -0.1) is 0 Å². The normalized spacial score (nSPS) is 29.6. The van der Waals surface area contributed by atoms with Gasteiger partial charge < -0.3 is 4.74 Å². The summed E-state index contributed by atoms with van der Waals surface area (Å²) >= 11 is 0. The molecule has 2 rings (SSSR count). The van der Waals surface area contributed by atoms with Crippen molar-refractivity contribution in [3.8, 4) is 0 Å². The molecule has 2 heteroatoms. The van der Waals surface area contributed by atoms with Crippen LogP contribution in [0.3, 0.4) is 0 Å². The van der Waals surface area contributed by atoms with Gasteiger partial charge in [0.05, 0.1) is 0 Å². The van der Waals surface area contributed by atoms with Gasteiger partial charge in [0.2, 0.25) is 0 Å². The Morgan fingerprint density at radius 3 is 2.81 bits per heavy atom. The molecule has 0 bridgehead atoms. The summed E-state index contributed by atoms with van der Waals surface area (Å²) in [4.78, 5) is 11.0. The van der Waals surface area contributed by atoms with Crippen molar-refractivity contribution >= 4 is 5.97 Å². The van der Waals surface area contributed by atoms with Crippen LogP contribution in [0.15, 0.2) is 23.0 Å². The maximum Gasteiger partial charge on any atom is 0.307 e. The number of allylic oxidation sites excluding steroid dienone is 4. The molecule has 16 heavy (non-hydrogen) atoms. The van der Waals surface area contributed by atoms with Gasteiger partial charge in [0.1, 0.15) is 5.76 Å². The minimum Gasteiger partial charge on any atom is -0.431 e. The quantitative estimate of drug-likeness (QED) is 0.629. The lowest BCUT2D eigenvalue weighted by molar-refractivity contribution is -0.137. The summed E-state index contributed by atoms with van der Waals surface area (Å²) in [6.45, 7) is 6.02. The van der Waals surface area contributed by atoms with E-state index in [9.17, 15) is 4.79 Å². The van der Waals surface area contributed by atoms with E-state index in [4.69, 9.17) is 4.74 Å². The van der Waals surface area contributed by atoms with Crippen LogP contribution in [0.2, 0.25) is 0 Å². The smallest absolute Gasteiger partial charge is 0.307 e. The van der Waals surface area contributed by atoms with Crippen molar-refractivity contribution in [2.75, 3.05) is 0 Å². The molecule has 0 saturated heterocycles. The summed E-state index contributed by atoms with van der Waals surface area (Å²) in [7, 11) is 0. The number of hydrogen-bond acceptors (Lipinski definition) is 2. The van der Waals surface area contributed by atoms with Gasteiger partial charge >= 0.3 is 5.97 Å². The molecule has 0 spiro atoms. The maximum atomic E-state index is 11.0. The minimum atomic E-state index is -0.205. The van der Waals surface area contributed by atoms with Gasteiger partial charge in [-0.25, -0.2) is 0 Å². The van der Waals surface area contributed by atoms with Crippen LogP contribution in [0.1, 0.15) is 52.9 Å². The highest BCUT2D eigenvalue weighted by molar-refractivity contribution is 5.67. The third-order valence-electron chi connectivity index (χ3n) is 3.89. The average Bonchev–Trinajstić information content (AvgIpc) is 2.19. The summed E-state index contributed by atoms with van der Waals surface area (Å²) in [5.74, 6) is 0.644. The largest absolute Gasteiger partial charge is 0.431 e. The highest BCUT2D eigenvalue weighted by Gasteiger charge is 2.35. The fraction of sp³-hybridized carbons (Fsp3) is 0.643. The highest BCUT2D eigenvalue weighted by atomic mass is 16.5. The van der Waals surface area contributed by atoms with Crippen LogP contribution in [-0.2, 0) is 9.53 Å². The second kappa shape index (κ2) is 4.08. The average molecular weight is 220 g/mol. The first-order valence-corrected chi connectivity index (χ1v) is 6.10. The topological polar surface area (TPSA) is 26.3 Å². The number of hydrogen-bond donors (Lipinski definition) is 0. The first-order valence-electron chi connectivity index (χ1n) is 6.10. The molecule has 0 aromatic heterocycles. The van der Waals surface area contributed by atoms with E-state index >= 15 is 0 Å². The van der Waals surface area contributed by atoms with Crippen molar-refractivity contribution < 1.29 is 9.53 Å². The lowest BCUT2D eigenvalue weighted by atomic mass is 9.66. The third kappa shape index (κ3) is 2.06. The number of esters is 1. The van der Waals surface area contributed by atoms with E-state index in [1.807, 2.05) is 0 Å². The van der Waals surface area contributed by atoms with Crippen molar-refractivity contribution in [2.45, 2.75) is 52.9 Å². The van der Waals surface area contributed by atoms with E-state index in [0.717, 1.165) is 18.6 Å². The van der Waals surface area contributed by atoms with Gasteiger partial charge in [0, 0.05) is 13.3 Å². The first-order chi connectivity index (χ1) is 7.51. The second-order valence-electron chi connectivity index (χ2n) is 5.31. The molecule has 88 valence electrons. The van der Waals surface area contributed by atoms with Gasteiger partial charge in [-0.1, -0.05) is 12.5 Å². The lowest BCUT2D eigenvalue weighted by Gasteiger charge is -2.39. The van der Waals surface area contributed by atoms with Gasteiger partial charge in [-0.3, -0.25) is 4.79 Å². The number of carbonyl (C=O) groups is 1. The fourth-order valence-electron chi connectivity index (χ4n) is 2.98. The van der Waals surface area contributed by atoms with Gasteiger partial charge in [-0.05, 0) is 49.7 Å². The molecule has 2 aliphatic carbocycles. The Balaban J connectivity index is 2.31. The Labute approximate surface area is 97.4 Å². The van der Waals surface area contributed by atoms with Gasteiger partial charge in [0.15, 0.2) is 0 Å². The molecule has 0 aromatic carbocycles. The maximum absolute atomic E-state index is 11.0. The van der Waals surface area contributed by atoms with Gasteiger partial charge in [0.25, 0.3) is 0 Å². The first kappa shape index (κ1) is 11.4. The summed E-state index contributed by atoms with van der Waals surface area (Å²) in [5, 5.41) is 0. The molecule has 0 heterocycles. The second-order valence-corrected chi connectivity index (χ2v) is 5.31. The monoisotopic (exact) mass is 220 g/mol. The Morgan fingerprint density at radius 1 is 1.38 bits per heavy atom. The van der Waals surface area contributed by atoms with Crippen molar-refractivity contribution in [3.63, 3.8) is 0 Å². The van der Waals surface area contributed by atoms with E-state index in [-0.39, 0.29) is 5.97 Å². The van der Waals surface area contributed by atoms with Gasteiger partial charge in [-0.2, -0.15) is 0 Å². The number of fused-ring (bicyclic) bond motifs is 1. The summed E-state index contributed by atoms with van der Waals surface area (Å²) in [6, 6.07) is 0. The SMILES string of the molecule is CC(=O)OC1=CC2=C(C)CCCC2(C)CC1. The zero-order chi connectivity index (χ0) is 11.8. The zero-order valence-corrected chi connectivity index (χ0v) is 10.4. The van der Waals surface area contributed by atoms with Crippen LogP contribution < -0.4 is 0 Å². The highest BCUT2D eigenvalue weighted by Crippen LogP contribution is 2.48. The molecule has 0 fully saturated rings. The van der Waals surface area contributed by atoms with Crippen LogP contribution in [0, 0.1) is 5.41 Å². The molecule has 1 unspecified atom stereocenters. The molecule has 0 radical (unpaired) electrons. The molecule has 1 atom stereocenters. The molecular weight excluding hydrogens is 200 g/mol. The van der Waals surface area contributed by atoms with E-state index in [2.05, 4.69) is 19.9 Å². The molecule has 0 amide bonds. The van der Waals surface area contributed by atoms with Crippen molar-refractivity contribution in [3.05, 3.63) is 23.0 Å². The third-order valence-corrected chi connectivity index (χ3v) is 3.89. The number of ether oxygens (including phenoxy) is 1. The van der Waals surface area contributed by atoms with Crippen LogP contribution in [0.4, 0.5) is 0 Å². The zero-order valence-electron chi connectivity index (χ0n) is 10.4. The van der Waals surface area contributed by atoms with Crippen molar-refractivity contribution in [1.29, 1.82) is 0 Å². The van der Waals surface area contributed by atoms with E-state index in [1.165, 1.54) is 37.3 Å². The Kier molecular flexibility index (Phi) is 2.92.